The van der Waals surface area contributed by atoms with E-state index in [2.05, 4.69) is 11.0 Å². The Hall–Kier alpha value is -4.24. The lowest BCUT2D eigenvalue weighted by Crippen LogP contribution is -2.57. The lowest BCUT2D eigenvalue weighted by molar-refractivity contribution is -0.139. The Kier molecular flexibility index (Phi) is 8.90. The van der Waals surface area contributed by atoms with Crippen LogP contribution in [0.25, 0.3) is 6.08 Å². The number of ether oxygens (including phenoxy) is 2. The third kappa shape index (κ3) is 6.31. The van der Waals surface area contributed by atoms with E-state index in [0.717, 1.165) is 59.2 Å². The summed E-state index contributed by atoms with van der Waals surface area (Å²) in [7, 11) is 3.30. The summed E-state index contributed by atoms with van der Waals surface area (Å²) in [6.45, 7) is 5.67. The van der Waals surface area contributed by atoms with Crippen molar-refractivity contribution >= 4 is 23.4 Å². The number of amides is 1. The highest BCUT2D eigenvalue weighted by atomic mass is 19.1. The fraction of sp³-hybridized carbons (Fsp3) is 0.389. The van der Waals surface area contributed by atoms with Gasteiger partial charge in [0, 0.05) is 43.3 Å². The second-order valence-corrected chi connectivity index (χ2v) is 12.2. The summed E-state index contributed by atoms with van der Waals surface area (Å²) in [4.78, 5) is 18.5. The van der Waals surface area contributed by atoms with Gasteiger partial charge < -0.3 is 14.4 Å². The van der Waals surface area contributed by atoms with Crippen molar-refractivity contribution in [1.82, 2.24) is 9.91 Å². The van der Waals surface area contributed by atoms with Gasteiger partial charge >= 0.3 is 0 Å². The molecule has 236 valence electrons. The first kappa shape index (κ1) is 30.8. The second kappa shape index (κ2) is 13.0. The number of allylic oxidation sites excluding steroid dienone is 1. The van der Waals surface area contributed by atoms with Crippen molar-refractivity contribution < 1.29 is 23.0 Å². The number of hydrogen-bond donors (Lipinski definition) is 0. The molecule has 0 N–H and O–H groups in total. The third-order valence-corrected chi connectivity index (χ3v) is 9.38. The zero-order chi connectivity index (χ0) is 31.7. The van der Waals surface area contributed by atoms with Crippen LogP contribution in [0.5, 0.6) is 11.5 Å². The molecule has 1 saturated heterocycles. The van der Waals surface area contributed by atoms with Crippen molar-refractivity contribution in [3.63, 3.8) is 0 Å². The number of fused-ring (bicyclic) bond motifs is 1. The molecule has 0 aromatic heterocycles. The SMILES string of the molecule is COc1ccc(/C=C2\CCCC3C2=NN(C(=O)C(C)N2CCN(c4cc(F)cc(F)c4)[C@H](C)C2)C3c2ccc(OC)cc2)cc1. The van der Waals surface area contributed by atoms with E-state index in [1.54, 1.807) is 19.2 Å². The van der Waals surface area contributed by atoms with Crippen molar-refractivity contribution in [1.29, 1.82) is 0 Å². The number of hydrazone groups is 1. The van der Waals surface area contributed by atoms with Gasteiger partial charge in [-0.1, -0.05) is 24.3 Å². The molecular weight excluding hydrogens is 574 g/mol. The summed E-state index contributed by atoms with van der Waals surface area (Å²) in [5.41, 5.74) is 4.74. The molecule has 1 saturated carbocycles. The van der Waals surface area contributed by atoms with E-state index in [1.165, 1.54) is 12.1 Å². The van der Waals surface area contributed by atoms with Crippen molar-refractivity contribution in [3.8, 4) is 11.5 Å². The standard InChI is InChI=1S/C36H40F2N4O3/c1-23-22-40(16-17-41(23)30-20-28(37)19-29(38)21-30)24(2)36(43)42-35(26-10-14-32(45-4)15-11-26)33-7-5-6-27(34(33)39-42)18-25-8-12-31(44-3)13-9-25/h8-15,18-21,23-24,33,35H,5-7,16-17,22H2,1-4H3/b27-18+/t23-,24?,33?,35?/m1/s1. The van der Waals surface area contributed by atoms with Crippen LogP contribution in [-0.2, 0) is 4.79 Å². The number of anilines is 1. The average Bonchev–Trinajstić information content (AvgIpc) is 3.44. The minimum Gasteiger partial charge on any atom is -0.497 e. The van der Waals surface area contributed by atoms with Gasteiger partial charge in [0.05, 0.1) is 32.0 Å². The Balaban J connectivity index is 1.27. The summed E-state index contributed by atoms with van der Waals surface area (Å²) in [6.07, 6.45) is 5.03. The first-order chi connectivity index (χ1) is 21.7. The molecule has 0 bridgehead atoms. The monoisotopic (exact) mass is 614 g/mol. The van der Waals surface area contributed by atoms with E-state index >= 15 is 0 Å². The van der Waals surface area contributed by atoms with Gasteiger partial charge in [0.25, 0.3) is 5.91 Å². The number of hydrogen-bond acceptors (Lipinski definition) is 6. The quantitative estimate of drug-likeness (QED) is 0.296. The molecule has 2 heterocycles. The largest absolute Gasteiger partial charge is 0.497 e. The van der Waals surface area contributed by atoms with Crippen LogP contribution in [0.15, 0.2) is 77.4 Å². The van der Waals surface area contributed by atoms with Crippen molar-refractivity contribution in [3.05, 3.63) is 95.1 Å². The normalized spacial score (nSPS) is 23.5. The molecular formula is C36H40F2N4O3. The maximum atomic E-state index is 14.4. The molecule has 45 heavy (non-hydrogen) atoms. The fourth-order valence-corrected chi connectivity index (χ4v) is 6.99. The predicted octanol–water partition coefficient (Wildman–Crippen LogP) is 6.70. The second-order valence-electron chi connectivity index (χ2n) is 12.2. The maximum absolute atomic E-state index is 14.4. The molecule has 1 amide bonds. The molecule has 1 aliphatic carbocycles. The number of rotatable bonds is 7. The van der Waals surface area contributed by atoms with Crippen molar-refractivity contribution in [2.24, 2.45) is 11.0 Å². The van der Waals surface area contributed by atoms with Gasteiger partial charge in [0.2, 0.25) is 0 Å². The maximum Gasteiger partial charge on any atom is 0.260 e. The predicted molar refractivity (Wildman–Crippen MR) is 173 cm³/mol. The van der Waals surface area contributed by atoms with Crippen LogP contribution in [0.2, 0.25) is 0 Å². The van der Waals surface area contributed by atoms with E-state index in [1.807, 2.05) is 67.3 Å². The zero-order valence-electron chi connectivity index (χ0n) is 26.2. The van der Waals surface area contributed by atoms with Crippen LogP contribution < -0.4 is 14.4 Å². The minimum atomic E-state index is -0.595. The zero-order valence-corrected chi connectivity index (χ0v) is 26.2. The van der Waals surface area contributed by atoms with Crippen LogP contribution in [0.1, 0.15) is 50.3 Å². The van der Waals surface area contributed by atoms with Crippen LogP contribution >= 0.6 is 0 Å². The van der Waals surface area contributed by atoms with Crippen LogP contribution in [0.3, 0.4) is 0 Å². The number of halogens is 2. The Morgan fingerprint density at radius 1 is 0.956 bits per heavy atom. The minimum absolute atomic E-state index is 0.0425. The topological polar surface area (TPSA) is 57.6 Å². The first-order valence-corrected chi connectivity index (χ1v) is 15.6. The molecule has 0 spiro atoms. The number of benzene rings is 3. The molecule has 4 atom stereocenters. The molecule has 9 heteroatoms. The van der Waals surface area contributed by atoms with E-state index in [9.17, 15) is 13.6 Å². The number of nitrogens with zero attached hydrogens (tertiary/aromatic N) is 4. The number of piperazine rings is 1. The van der Waals surface area contributed by atoms with Crippen LogP contribution in [0.4, 0.5) is 14.5 Å². The Morgan fingerprint density at radius 2 is 1.60 bits per heavy atom. The number of methoxy groups -OCH3 is 2. The van der Waals surface area contributed by atoms with E-state index in [-0.39, 0.29) is 23.9 Å². The first-order valence-electron chi connectivity index (χ1n) is 15.6. The third-order valence-electron chi connectivity index (χ3n) is 9.38. The Bertz CT molecular complexity index is 1570. The summed E-state index contributed by atoms with van der Waals surface area (Å²) in [6, 6.07) is 18.8. The molecule has 0 radical (unpaired) electrons. The van der Waals surface area contributed by atoms with Crippen molar-refractivity contribution in [2.75, 3.05) is 38.8 Å². The molecule has 3 aromatic rings. The molecule has 3 unspecified atom stereocenters. The Labute approximate surface area is 263 Å². The Morgan fingerprint density at radius 3 is 2.22 bits per heavy atom. The highest BCUT2D eigenvalue weighted by Crippen LogP contribution is 2.45. The van der Waals surface area contributed by atoms with Crippen LogP contribution in [-0.4, -0.2) is 67.5 Å². The molecule has 6 rings (SSSR count). The number of carbonyl (C=O) groups excluding carboxylic acids is 1. The summed E-state index contributed by atoms with van der Waals surface area (Å²) in [5.74, 6) is 0.398. The summed E-state index contributed by atoms with van der Waals surface area (Å²) < 4.78 is 38.7. The lowest BCUT2D eigenvalue weighted by atomic mass is 9.77. The highest BCUT2D eigenvalue weighted by molar-refractivity contribution is 6.08. The van der Waals surface area contributed by atoms with E-state index in [0.29, 0.717) is 25.3 Å². The van der Waals surface area contributed by atoms with Crippen molar-refractivity contribution in [2.45, 2.75) is 51.2 Å². The summed E-state index contributed by atoms with van der Waals surface area (Å²) >= 11 is 0. The molecule has 3 aliphatic rings. The lowest BCUT2D eigenvalue weighted by Gasteiger charge is -2.43. The van der Waals surface area contributed by atoms with Gasteiger partial charge in [0.15, 0.2) is 0 Å². The van der Waals surface area contributed by atoms with Crippen LogP contribution in [0, 0.1) is 17.6 Å². The smallest absolute Gasteiger partial charge is 0.260 e. The average molecular weight is 615 g/mol. The van der Waals surface area contributed by atoms with Gasteiger partial charge in [-0.25, -0.2) is 13.8 Å². The molecule has 2 fully saturated rings. The molecule has 7 nitrogen and oxygen atoms in total. The number of carbonyl (C=O) groups is 1. The highest BCUT2D eigenvalue weighted by Gasteiger charge is 2.45. The molecule has 3 aromatic carbocycles. The van der Waals surface area contributed by atoms with E-state index < -0.39 is 17.7 Å². The van der Waals surface area contributed by atoms with Gasteiger partial charge in [0.1, 0.15) is 23.1 Å². The summed E-state index contributed by atoms with van der Waals surface area (Å²) in [5, 5.41) is 6.82. The van der Waals surface area contributed by atoms with Gasteiger partial charge in [-0.15, -0.1) is 0 Å². The fourth-order valence-electron chi connectivity index (χ4n) is 6.99. The van der Waals surface area contributed by atoms with Gasteiger partial charge in [-0.2, -0.15) is 5.10 Å². The van der Waals surface area contributed by atoms with Gasteiger partial charge in [-0.3, -0.25) is 9.69 Å². The molecule has 2 aliphatic heterocycles. The van der Waals surface area contributed by atoms with Gasteiger partial charge in [-0.05, 0) is 92.3 Å². The van der Waals surface area contributed by atoms with E-state index in [4.69, 9.17) is 14.6 Å².